The molecule has 2 nitrogen and oxygen atoms in total. The Balaban J connectivity index is 1.91. The van der Waals surface area contributed by atoms with E-state index in [1.165, 1.54) is 25.0 Å². The van der Waals surface area contributed by atoms with Crippen molar-refractivity contribution in [3.05, 3.63) is 29.8 Å². The third-order valence-corrected chi connectivity index (χ3v) is 3.22. The highest BCUT2D eigenvalue weighted by atomic mass is 19.4. The van der Waals surface area contributed by atoms with Gasteiger partial charge in [0.05, 0.1) is 0 Å². The number of rotatable bonds is 6. The van der Waals surface area contributed by atoms with Gasteiger partial charge in [0.25, 0.3) is 0 Å². The lowest BCUT2D eigenvalue weighted by atomic mass is 10.1. The van der Waals surface area contributed by atoms with Gasteiger partial charge in [-0.3, -0.25) is 0 Å². The average molecular weight is 273 g/mol. The van der Waals surface area contributed by atoms with Crippen LogP contribution in [0.15, 0.2) is 24.3 Å². The molecule has 0 amide bonds. The van der Waals surface area contributed by atoms with Gasteiger partial charge in [0.15, 0.2) is 0 Å². The molecular weight excluding hydrogens is 255 g/mol. The fraction of sp³-hybridized carbons (Fsp3) is 0.571. The van der Waals surface area contributed by atoms with Crippen LogP contribution in [0.5, 0.6) is 5.75 Å². The zero-order valence-corrected chi connectivity index (χ0v) is 10.8. The van der Waals surface area contributed by atoms with Gasteiger partial charge < -0.3 is 10.1 Å². The van der Waals surface area contributed by atoms with Gasteiger partial charge in [-0.1, -0.05) is 31.0 Å². The number of hydrogen-bond donors (Lipinski definition) is 1. The van der Waals surface area contributed by atoms with Gasteiger partial charge in [0.2, 0.25) is 0 Å². The van der Waals surface area contributed by atoms with Crippen LogP contribution in [-0.2, 0) is 6.54 Å². The minimum Gasteiger partial charge on any atom is -0.405 e. The third kappa shape index (κ3) is 5.11. The molecule has 1 N–H and O–H groups in total. The number of nitrogens with one attached hydrogen (secondary N) is 1. The van der Waals surface area contributed by atoms with Crippen LogP contribution >= 0.6 is 0 Å². The molecule has 0 aromatic heterocycles. The van der Waals surface area contributed by atoms with Gasteiger partial charge in [-0.05, 0) is 25.3 Å². The number of para-hydroxylation sites is 1. The van der Waals surface area contributed by atoms with Crippen LogP contribution in [0.1, 0.15) is 31.7 Å². The van der Waals surface area contributed by atoms with Gasteiger partial charge in [-0.15, -0.1) is 13.2 Å². The van der Waals surface area contributed by atoms with Gasteiger partial charge >= 0.3 is 6.36 Å². The van der Waals surface area contributed by atoms with Crippen LogP contribution in [0, 0.1) is 5.92 Å². The fourth-order valence-electron chi connectivity index (χ4n) is 2.10. The predicted octanol–water partition coefficient (Wildman–Crippen LogP) is 3.86. The van der Waals surface area contributed by atoms with Crippen molar-refractivity contribution in [1.29, 1.82) is 0 Å². The first-order chi connectivity index (χ1) is 8.94. The van der Waals surface area contributed by atoms with E-state index in [9.17, 15) is 13.2 Å². The number of benzene rings is 1. The molecule has 0 radical (unpaired) electrons. The number of alkyl halides is 3. The average Bonchev–Trinajstić information content (AvgIpc) is 3.10. The highest BCUT2D eigenvalue weighted by molar-refractivity contribution is 5.33. The molecule has 0 aliphatic heterocycles. The van der Waals surface area contributed by atoms with Gasteiger partial charge in [-0.2, -0.15) is 0 Å². The molecular formula is C14H18F3NO. The van der Waals surface area contributed by atoms with Crippen LogP contribution in [-0.4, -0.2) is 12.4 Å². The van der Waals surface area contributed by atoms with Crippen LogP contribution in [0.25, 0.3) is 0 Å². The molecule has 0 spiro atoms. The first kappa shape index (κ1) is 14.2. The Morgan fingerprint density at radius 2 is 2.00 bits per heavy atom. The largest absolute Gasteiger partial charge is 0.573 e. The standard InChI is InChI=1S/C14H18F3NO/c1-10(8-11-6-7-11)18-9-12-4-2-3-5-13(12)19-14(15,16)17/h2-5,10-11,18H,6-9H2,1H3. The summed E-state index contributed by atoms with van der Waals surface area (Å²) in [6.45, 7) is 2.45. The lowest BCUT2D eigenvalue weighted by Gasteiger charge is -2.16. The molecule has 0 heterocycles. The monoisotopic (exact) mass is 273 g/mol. The summed E-state index contributed by atoms with van der Waals surface area (Å²) in [5, 5.41) is 3.25. The summed E-state index contributed by atoms with van der Waals surface area (Å²) < 4.78 is 40.8. The van der Waals surface area contributed by atoms with Crippen molar-refractivity contribution in [2.45, 2.75) is 45.1 Å². The van der Waals surface area contributed by atoms with Crippen molar-refractivity contribution in [3.8, 4) is 5.75 Å². The topological polar surface area (TPSA) is 21.3 Å². The van der Waals surface area contributed by atoms with E-state index in [0.29, 0.717) is 18.2 Å². The molecule has 2 rings (SSSR count). The Kier molecular flexibility index (Phi) is 4.34. The first-order valence-electron chi connectivity index (χ1n) is 6.51. The Morgan fingerprint density at radius 3 is 2.63 bits per heavy atom. The van der Waals surface area contributed by atoms with Crippen molar-refractivity contribution in [3.63, 3.8) is 0 Å². The zero-order chi connectivity index (χ0) is 13.9. The normalized spacial score (nSPS) is 17.3. The Bertz CT molecular complexity index is 415. The maximum Gasteiger partial charge on any atom is 0.573 e. The predicted molar refractivity (Wildman–Crippen MR) is 66.8 cm³/mol. The summed E-state index contributed by atoms with van der Waals surface area (Å²) in [6.07, 6.45) is -1.00. The van der Waals surface area contributed by atoms with E-state index in [-0.39, 0.29) is 5.75 Å². The van der Waals surface area contributed by atoms with E-state index in [1.807, 2.05) is 0 Å². The second-order valence-electron chi connectivity index (χ2n) is 5.12. The maximum absolute atomic E-state index is 12.3. The highest BCUT2D eigenvalue weighted by Crippen LogP contribution is 2.33. The quantitative estimate of drug-likeness (QED) is 0.849. The highest BCUT2D eigenvalue weighted by Gasteiger charge is 2.32. The summed E-state index contributed by atoms with van der Waals surface area (Å²) in [5.41, 5.74) is 0.530. The second kappa shape index (κ2) is 5.82. The molecule has 1 aromatic rings. The molecule has 1 aliphatic carbocycles. The van der Waals surface area contributed by atoms with Gasteiger partial charge in [0, 0.05) is 18.2 Å². The molecule has 1 aliphatic rings. The summed E-state index contributed by atoms with van der Waals surface area (Å²) in [4.78, 5) is 0. The maximum atomic E-state index is 12.3. The molecule has 0 saturated heterocycles. The van der Waals surface area contributed by atoms with E-state index in [0.717, 1.165) is 12.3 Å². The van der Waals surface area contributed by atoms with Crippen molar-refractivity contribution in [2.75, 3.05) is 0 Å². The minimum atomic E-state index is -4.64. The summed E-state index contributed by atoms with van der Waals surface area (Å²) >= 11 is 0. The molecule has 5 heteroatoms. The van der Waals surface area contributed by atoms with E-state index in [4.69, 9.17) is 0 Å². The zero-order valence-electron chi connectivity index (χ0n) is 10.8. The van der Waals surface area contributed by atoms with Gasteiger partial charge in [0.1, 0.15) is 5.75 Å². The molecule has 0 bridgehead atoms. The van der Waals surface area contributed by atoms with Crippen molar-refractivity contribution in [1.82, 2.24) is 5.32 Å². The second-order valence-corrected chi connectivity index (χ2v) is 5.12. The molecule has 1 unspecified atom stereocenters. The summed E-state index contributed by atoms with van der Waals surface area (Å²) in [6, 6.07) is 6.56. The van der Waals surface area contributed by atoms with Crippen molar-refractivity contribution in [2.24, 2.45) is 5.92 Å². The summed E-state index contributed by atoms with van der Waals surface area (Å²) in [5.74, 6) is 0.672. The Labute approximate surface area is 111 Å². The van der Waals surface area contributed by atoms with E-state index in [1.54, 1.807) is 12.1 Å². The molecule has 1 saturated carbocycles. The molecule has 1 atom stereocenters. The molecule has 1 fully saturated rings. The lowest BCUT2D eigenvalue weighted by molar-refractivity contribution is -0.274. The molecule has 1 aromatic carbocycles. The minimum absolute atomic E-state index is 0.124. The van der Waals surface area contributed by atoms with E-state index in [2.05, 4.69) is 17.0 Å². The van der Waals surface area contributed by atoms with Crippen LogP contribution < -0.4 is 10.1 Å². The van der Waals surface area contributed by atoms with Crippen molar-refractivity contribution >= 4 is 0 Å². The van der Waals surface area contributed by atoms with Crippen molar-refractivity contribution < 1.29 is 17.9 Å². The van der Waals surface area contributed by atoms with Gasteiger partial charge in [-0.25, -0.2) is 0 Å². The molecule has 19 heavy (non-hydrogen) atoms. The first-order valence-corrected chi connectivity index (χ1v) is 6.51. The summed E-state index contributed by atoms with van der Waals surface area (Å²) in [7, 11) is 0. The van der Waals surface area contributed by atoms with Crippen LogP contribution in [0.3, 0.4) is 0 Å². The lowest BCUT2D eigenvalue weighted by Crippen LogP contribution is -2.26. The Hall–Kier alpha value is -1.23. The van der Waals surface area contributed by atoms with E-state index >= 15 is 0 Å². The Morgan fingerprint density at radius 1 is 1.32 bits per heavy atom. The molecule has 106 valence electrons. The fourth-order valence-corrected chi connectivity index (χ4v) is 2.10. The van der Waals surface area contributed by atoms with Crippen LogP contribution in [0.4, 0.5) is 13.2 Å². The number of halogens is 3. The SMILES string of the molecule is CC(CC1CC1)NCc1ccccc1OC(F)(F)F. The van der Waals surface area contributed by atoms with Crippen LogP contribution in [0.2, 0.25) is 0 Å². The third-order valence-electron chi connectivity index (χ3n) is 3.22. The number of ether oxygens (including phenoxy) is 1. The van der Waals surface area contributed by atoms with E-state index < -0.39 is 6.36 Å². The number of hydrogen-bond acceptors (Lipinski definition) is 2. The smallest absolute Gasteiger partial charge is 0.405 e.